The molecule has 1 aliphatic heterocycles. The lowest BCUT2D eigenvalue weighted by Crippen LogP contribution is -2.34. The zero-order valence-corrected chi connectivity index (χ0v) is 9.14. The van der Waals surface area contributed by atoms with E-state index >= 15 is 0 Å². The van der Waals surface area contributed by atoms with Gasteiger partial charge in [0.1, 0.15) is 0 Å². The van der Waals surface area contributed by atoms with Gasteiger partial charge in [0.15, 0.2) is 0 Å². The van der Waals surface area contributed by atoms with Crippen LogP contribution in [0.4, 0.5) is 0 Å². The van der Waals surface area contributed by atoms with Gasteiger partial charge >= 0.3 is 0 Å². The van der Waals surface area contributed by atoms with Crippen molar-refractivity contribution < 1.29 is 8.42 Å². The van der Waals surface area contributed by atoms with Gasteiger partial charge in [-0.05, 0) is 18.8 Å². The average molecular weight is 227 g/mol. The number of piperidine rings is 1. The fourth-order valence-electron chi connectivity index (χ4n) is 1.94. The zero-order valence-electron chi connectivity index (χ0n) is 7.51. The van der Waals surface area contributed by atoms with E-state index in [1.807, 2.05) is 0 Å². The molecule has 2 fully saturated rings. The lowest BCUT2D eigenvalue weighted by molar-refractivity contribution is 0.433. The molecule has 0 amide bonds. The molecule has 2 rings (SSSR count). The Hall–Kier alpha value is 0.160. The fourth-order valence-corrected chi connectivity index (χ4v) is 3.11. The molecule has 2 atom stereocenters. The highest BCUT2D eigenvalue weighted by atomic mass is 35.5. The number of nitrogens with zero attached hydrogens (tertiary/aromatic N) is 1. The summed E-state index contributed by atoms with van der Waals surface area (Å²) in [5.74, 6) is 1.11. The smallest absolute Gasteiger partial charge is 0.213 e. The van der Waals surface area contributed by atoms with Gasteiger partial charge in [0, 0.05) is 19.1 Å². The van der Waals surface area contributed by atoms with Crippen LogP contribution < -0.4 is 5.73 Å². The van der Waals surface area contributed by atoms with Crippen molar-refractivity contribution in [2.45, 2.75) is 13.0 Å². The van der Waals surface area contributed by atoms with Gasteiger partial charge in [-0.3, -0.25) is 0 Å². The van der Waals surface area contributed by atoms with E-state index < -0.39 is 10.0 Å². The molecular weight excluding hydrogens is 212 g/mol. The lowest BCUT2D eigenvalue weighted by Gasteiger charge is -2.17. The summed E-state index contributed by atoms with van der Waals surface area (Å²) in [6.07, 6.45) is 0. The van der Waals surface area contributed by atoms with Crippen molar-refractivity contribution in [3.05, 3.63) is 0 Å². The maximum absolute atomic E-state index is 11.4. The van der Waals surface area contributed by atoms with Gasteiger partial charge in [0.05, 0.1) is 5.75 Å². The molecule has 1 saturated carbocycles. The van der Waals surface area contributed by atoms with E-state index in [1.54, 1.807) is 11.2 Å². The van der Waals surface area contributed by atoms with Crippen molar-refractivity contribution in [3.63, 3.8) is 0 Å². The van der Waals surface area contributed by atoms with Crippen molar-refractivity contribution >= 4 is 22.4 Å². The number of hydrogen-bond donors (Lipinski definition) is 1. The molecule has 1 heterocycles. The van der Waals surface area contributed by atoms with Crippen LogP contribution in [0.2, 0.25) is 0 Å². The number of nitrogens with two attached hydrogens (primary N) is 1. The Morgan fingerprint density at radius 1 is 1.38 bits per heavy atom. The van der Waals surface area contributed by atoms with Crippen molar-refractivity contribution in [2.75, 3.05) is 18.8 Å². The Morgan fingerprint density at radius 2 is 1.85 bits per heavy atom. The van der Waals surface area contributed by atoms with Crippen LogP contribution in [0.25, 0.3) is 0 Å². The SMILES string of the molecule is CCS(=O)(=O)N1CC2C(N)C2C1.Cl. The molecule has 0 radical (unpaired) electrons. The van der Waals surface area contributed by atoms with Gasteiger partial charge in [-0.25, -0.2) is 12.7 Å². The molecule has 4 nitrogen and oxygen atoms in total. The summed E-state index contributed by atoms with van der Waals surface area (Å²) in [7, 11) is -2.95. The summed E-state index contributed by atoms with van der Waals surface area (Å²) in [5.41, 5.74) is 5.70. The van der Waals surface area contributed by atoms with E-state index in [2.05, 4.69) is 0 Å². The molecule has 2 unspecified atom stereocenters. The second-order valence-corrected chi connectivity index (χ2v) is 5.88. The van der Waals surface area contributed by atoms with Crippen LogP contribution in [0.15, 0.2) is 0 Å². The fraction of sp³-hybridized carbons (Fsp3) is 1.00. The van der Waals surface area contributed by atoms with Crippen LogP contribution >= 0.6 is 12.4 Å². The molecule has 1 aliphatic carbocycles. The van der Waals surface area contributed by atoms with Gasteiger partial charge in [0.25, 0.3) is 0 Å². The standard InChI is InChI=1S/C7H14N2O2S.ClH/c1-2-12(10,11)9-3-5-6(4-9)7(5)8;/h5-7H,2-4,8H2,1H3;1H. The number of hydrogen-bond acceptors (Lipinski definition) is 3. The van der Waals surface area contributed by atoms with E-state index in [-0.39, 0.29) is 24.2 Å². The number of fused-ring (bicyclic) bond motifs is 1. The molecule has 0 aromatic carbocycles. The maximum Gasteiger partial charge on any atom is 0.213 e. The van der Waals surface area contributed by atoms with Crippen LogP contribution in [0.1, 0.15) is 6.92 Å². The first-order valence-corrected chi connectivity index (χ1v) is 5.90. The Balaban J connectivity index is 0.000000845. The van der Waals surface area contributed by atoms with Gasteiger partial charge in [-0.15, -0.1) is 12.4 Å². The maximum atomic E-state index is 11.4. The van der Waals surface area contributed by atoms with Crippen LogP contribution in [0, 0.1) is 11.8 Å². The molecule has 1 saturated heterocycles. The van der Waals surface area contributed by atoms with Gasteiger partial charge in [0.2, 0.25) is 10.0 Å². The van der Waals surface area contributed by atoms with E-state index in [4.69, 9.17) is 5.73 Å². The third kappa shape index (κ3) is 1.70. The molecular formula is C7H15ClN2O2S. The average Bonchev–Trinajstić information content (AvgIpc) is 2.55. The molecule has 6 heteroatoms. The number of halogens is 1. The predicted octanol–water partition coefficient (Wildman–Crippen LogP) is -0.353. The van der Waals surface area contributed by atoms with Crippen LogP contribution in [0.3, 0.4) is 0 Å². The zero-order chi connectivity index (χ0) is 8.93. The minimum Gasteiger partial charge on any atom is -0.327 e. The Morgan fingerprint density at radius 3 is 2.23 bits per heavy atom. The Kier molecular flexibility index (Phi) is 2.92. The first kappa shape index (κ1) is 11.2. The van der Waals surface area contributed by atoms with Crippen molar-refractivity contribution in [2.24, 2.45) is 17.6 Å². The van der Waals surface area contributed by atoms with Crippen LogP contribution in [-0.2, 0) is 10.0 Å². The minimum atomic E-state index is -2.95. The van der Waals surface area contributed by atoms with Gasteiger partial charge in [-0.1, -0.05) is 0 Å². The molecule has 13 heavy (non-hydrogen) atoms. The monoisotopic (exact) mass is 226 g/mol. The van der Waals surface area contributed by atoms with Gasteiger partial charge in [-0.2, -0.15) is 0 Å². The quantitative estimate of drug-likeness (QED) is 0.700. The molecule has 0 bridgehead atoms. The highest BCUT2D eigenvalue weighted by Crippen LogP contribution is 2.44. The summed E-state index contributed by atoms with van der Waals surface area (Å²) in [5, 5.41) is 0. The van der Waals surface area contributed by atoms with Gasteiger partial charge < -0.3 is 5.73 Å². The normalized spacial score (nSPS) is 38.2. The number of sulfonamides is 1. The first-order valence-electron chi connectivity index (χ1n) is 4.29. The second-order valence-electron chi connectivity index (χ2n) is 3.62. The van der Waals surface area contributed by atoms with E-state index in [0.717, 1.165) is 0 Å². The summed E-state index contributed by atoms with van der Waals surface area (Å²) < 4.78 is 24.3. The largest absolute Gasteiger partial charge is 0.327 e. The highest BCUT2D eigenvalue weighted by Gasteiger charge is 2.55. The Bertz CT molecular complexity index is 281. The molecule has 2 N–H and O–H groups in total. The Labute approximate surface area is 84.9 Å². The molecule has 0 spiro atoms. The minimum absolute atomic E-state index is 0. The van der Waals surface area contributed by atoms with Crippen molar-refractivity contribution in [1.82, 2.24) is 4.31 Å². The molecule has 78 valence electrons. The van der Waals surface area contributed by atoms with Crippen LogP contribution in [0.5, 0.6) is 0 Å². The topological polar surface area (TPSA) is 63.4 Å². The molecule has 2 aliphatic rings. The predicted molar refractivity (Wildman–Crippen MR) is 53.2 cm³/mol. The van der Waals surface area contributed by atoms with E-state index in [9.17, 15) is 8.42 Å². The third-order valence-electron chi connectivity index (χ3n) is 2.98. The van der Waals surface area contributed by atoms with E-state index in [1.165, 1.54) is 0 Å². The summed E-state index contributed by atoms with van der Waals surface area (Å²) in [6.45, 7) is 2.99. The summed E-state index contributed by atoms with van der Waals surface area (Å²) >= 11 is 0. The summed E-state index contributed by atoms with van der Waals surface area (Å²) in [4.78, 5) is 0. The first-order chi connectivity index (χ1) is 5.56. The highest BCUT2D eigenvalue weighted by molar-refractivity contribution is 7.89. The lowest BCUT2D eigenvalue weighted by atomic mass is 10.4. The number of rotatable bonds is 2. The second kappa shape index (κ2) is 3.38. The molecule has 0 aromatic rings. The summed E-state index contributed by atoms with van der Waals surface area (Å²) in [6, 6.07) is 0.272. The third-order valence-corrected chi connectivity index (χ3v) is 4.80. The van der Waals surface area contributed by atoms with Crippen LogP contribution in [-0.4, -0.2) is 37.6 Å². The van der Waals surface area contributed by atoms with Crippen molar-refractivity contribution in [1.29, 1.82) is 0 Å². The van der Waals surface area contributed by atoms with Crippen molar-refractivity contribution in [3.8, 4) is 0 Å². The molecule has 0 aromatic heterocycles. The van der Waals surface area contributed by atoms with E-state index in [0.29, 0.717) is 24.9 Å².